The van der Waals surface area contributed by atoms with E-state index in [-0.39, 0.29) is 11.7 Å². The van der Waals surface area contributed by atoms with E-state index in [2.05, 4.69) is 17.4 Å². The lowest BCUT2D eigenvalue weighted by Crippen LogP contribution is -2.18. The minimum absolute atomic E-state index is 0.0211. The third kappa shape index (κ3) is 6.36. The molecule has 0 amide bonds. The molecule has 2 aliphatic rings. The molecule has 0 spiro atoms. The summed E-state index contributed by atoms with van der Waals surface area (Å²) in [7, 11) is 0. The molecule has 0 radical (unpaired) electrons. The van der Waals surface area contributed by atoms with Crippen LogP contribution in [0.5, 0.6) is 0 Å². The molecular formula is C14H24N2OS. The van der Waals surface area contributed by atoms with Crippen LogP contribution in [0.1, 0.15) is 64.2 Å². The molecule has 0 aromatic rings. The van der Waals surface area contributed by atoms with E-state index in [1.807, 2.05) is 0 Å². The lowest BCUT2D eigenvalue weighted by Gasteiger charge is -2.16. The molecule has 0 bridgehead atoms. The topological polar surface area (TPSA) is 53.5 Å². The fourth-order valence-corrected chi connectivity index (χ4v) is 3.00. The lowest BCUT2D eigenvalue weighted by molar-refractivity contribution is -0.120. The molecule has 3 nitrogen and oxygen atoms in total. The maximum atomic E-state index is 11.1. The van der Waals surface area contributed by atoms with Crippen molar-refractivity contribution in [1.82, 2.24) is 0 Å². The third-order valence-corrected chi connectivity index (χ3v) is 4.28. The van der Waals surface area contributed by atoms with Gasteiger partial charge in [-0.3, -0.25) is 4.79 Å². The number of hydrogen-bond donors (Lipinski definition) is 1. The second-order valence-corrected chi connectivity index (χ2v) is 6.00. The summed E-state index contributed by atoms with van der Waals surface area (Å²) < 4.78 is 0. The van der Waals surface area contributed by atoms with Crippen molar-refractivity contribution in [2.24, 2.45) is 5.92 Å². The predicted octanol–water partition coefficient (Wildman–Crippen LogP) is 3.69. The van der Waals surface area contributed by atoms with Crippen molar-refractivity contribution >= 4 is 24.6 Å². The van der Waals surface area contributed by atoms with Gasteiger partial charge in [-0.25, -0.2) is 0 Å². The highest BCUT2D eigenvalue weighted by atomic mass is 32.1. The smallest absolute Gasteiger partial charge is 0.323 e. The van der Waals surface area contributed by atoms with E-state index >= 15 is 0 Å². The molecular weight excluding hydrogens is 244 g/mol. The van der Waals surface area contributed by atoms with Gasteiger partial charge in [0.2, 0.25) is 5.78 Å². The van der Waals surface area contributed by atoms with Crippen LogP contribution in [0.25, 0.3) is 5.53 Å². The van der Waals surface area contributed by atoms with Gasteiger partial charge in [-0.1, -0.05) is 38.5 Å². The summed E-state index contributed by atoms with van der Waals surface area (Å²) in [6.45, 7) is 0. The van der Waals surface area contributed by atoms with Crippen LogP contribution in [0.2, 0.25) is 0 Å². The van der Waals surface area contributed by atoms with Gasteiger partial charge in [0.05, 0.1) is 0 Å². The standard InChI is InChI=1S/C8H12N2O.C6H12S/c9-10-6-8(11)7-4-2-1-3-5-7;7-6-4-2-1-3-5-6/h6-7H,1-5H2;6-7H,1-5H2. The number of ketones is 1. The van der Waals surface area contributed by atoms with Gasteiger partial charge in [-0.05, 0) is 25.7 Å². The molecule has 0 aliphatic heterocycles. The van der Waals surface area contributed by atoms with Gasteiger partial charge in [0.25, 0.3) is 0 Å². The lowest BCUT2D eigenvalue weighted by atomic mass is 9.87. The van der Waals surface area contributed by atoms with Crippen LogP contribution in [0.3, 0.4) is 0 Å². The summed E-state index contributed by atoms with van der Waals surface area (Å²) in [6.07, 6.45) is 13.4. The summed E-state index contributed by atoms with van der Waals surface area (Å²) in [4.78, 5) is 13.8. The molecule has 0 N–H and O–H groups in total. The van der Waals surface area contributed by atoms with Crippen molar-refractivity contribution in [2.75, 3.05) is 0 Å². The second-order valence-electron chi connectivity index (χ2n) is 5.27. The molecule has 0 heterocycles. The second kappa shape index (κ2) is 9.35. The SMILES string of the molecule is SC1CCCCC1.[N-]=[N+]=CC(=O)C1CCCCC1. The van der Waals surface area contributed by atoms with E-state index in [4.69, 9.17) is 5.53 Å². The fourth-order valence-electron chi connectivity index (χ4n) is 2.63. The third-order valence-electron chi connectivity index (χ3n) is 3.77. The van der Waals surface area contributed by atoms with Crippen LogP contribution < -0.4 is 0 Å². The van der Waals surface area contributed by atoms with Crippen molar-refractivity contribution in [3.05, 3.63) is 5.53 Å². The summed E-state index contributed by atoms with van der Waals surface area (Å²) in [5.41, 5.74) is 8.12. The van der Waals surface area contributed by atoms with Gasteiger partial charge in [0.15, 0.2) is 0 Å². The van der Waals surface area contributed by atoms with Gasteiger partial charge in [0, 0.05) is 11.2 Å². The Labute approximate surface area is 115 Å². The summed E-state index contributed by atoms with van der Waals surface area (Å²) in [5.74, 6) is 0.104. The van der Waals surface area contributed by atoms with Crippen LogP contribution >= 0.6 is 12.6 Å². The number of Topliss-reactive ketones (excluding diaryl/α,β-unsaturated/α-hetero) is 1. The van der Waals surface area contributed by atoms with Crippen LogP contribution in [0.4, 0.5) is 0 Å². The monoisotopic (exact) mass is 268 g/mol. The summed E-state index contributed by atoms with van der Waals surface area (Å²) in [5, 5.41) is 0.730. The van der Waals surface area contributed by atoms with Crippen molar-refractivity contribution in [3.8, 4) is 0 Å². The zero-order valence-electron chi connectivity index (χ0n) is 11.1. The van der Waals surface area contributed by atoms with Crippen molar-refractivity contribution in [3.63, 3.8) is 0 Å². The predicted molar refractivity (Wildman–Crippen MR) is 77.1 cm³/mol. The first-order chi connectivity index (χ1) is 8.74. The molecule has 2 rings (SSSR count). The van der Waals surface area contributed by atoms with Crippen molar-refractivity contribution < 1.29 is 9.58 Å². The summed E-state index contributed by atoms with van der Waals surface area (Å²) in [6, 6.07) is 0. The van der Waals surface area contributed by atoms with Gasteiger partial charge in [0.1, 0.15) is 0 Å². The molecule has 0 unspecified atom stereocenters. The highest BCUT2D eigenvalue weighted by Gasteiger charge is 2.21. The Hall–Kier alpha value is -0.600. The molecule has 0 aromatic carbocycles. The quantitative estimate of drug-likeness (QED) is 0.353. The Morgan fingerprint density at radius 3 is 1.89 bits per heavy atom. The molecule has 2 saturated carbocycles. The molecule has 2 aliphatic carbocycles. The van der Waals surface area contributed by atoms with Crippen LogP contribution in [-0.4, -0.2) is 22.0 Å². The molecule has 0 aromatic heterocycles. The number of carbonyl (C=O) groups is 1. The van der Waals surface area contributed by atoms with Gasteiger partial charge >= 0.3 is 6.21 Å². The molecule has 0 atom stereocenters. The normalized spacial score (nSPS) is 21.4. The maximum Gasteiger partial charge on any atom is 0.323 e. The van der Waals surface area contributed by atoms with Crippen molar-refractivity contribution in [1.29, 1.82) is 0 Å². The Kier molecular flexibility index (Phi) is 8.03. The Bertz CT molecular complexity index is 288. The minimum Gasteiger partial charge on any atom is -0.361 e. The Morgan fingerprint density at radius 1 is 1.00 bits per heavy atom. The van der Waals surface area contributed by atoms with Crippen LogP contribution in [0, 0.1) is 5.92 Å². The largest absolute Gasteiger partial charge is 0.361 e. The Balaban J connectivity index is 0.000000199. The van der Waals surface area contributed by atoms with E-state index in [1.165, 1.54) is 38.5 Å². The van der Waals surface area contributed by atoms with E-state index in [0.717, 1.165) is 37.1 Å². The average molecular weight is 268 g/mol. The van der Waals surface area contributed by atoms with E-state index < -0.39 is 0 Å². The highest BCUT2D eigenvalue weighted by Crippen LogP contribution is 2.23. The first-order valence-electron chi connectivity index (χ1n) is 7.13. The first-order valence-corrected chi connectivity index (χ1v) is 7.65. The first kappa shape index (κ1) is 15.5. The molecule has 102 valence electrons. The van der Waals surface area contributed by atoms with Crippen molar-refractivity contribution in [2.45, 2.75) is 69.5 Å². The number of hydrogen-bond acceptors (Lipinski definition) is 2. The van der Waals surface area contributed by atoms with E-state index in [0.29, 0.717) is 0 Å². The average Bonchev–Trinajstić information content (AvgIpc) is 2.42. The molecule has 2 fully saturated rings. The number of carbonyl (C=O) groups excluding carboxylic acids is 1. The number of rotatable bonds is 2. The number of thiol groups is 1. The Morgan fingerprint density at radius 2 is 1.50 bits per heavy atom. The maximum absolute atomic E-state index is 11.1. The van der Waals surface area contributed by atoms with Gasteiger partial charge < -0.3 is 5.53 Å². The molecule has 0 saturated heterocycles. The zero-order chi connectivity index (χ0) is 13.2. The summed E-state index contributed by atoms with van der Waals surface area (Å²) >= 11 is 4.36. The van der Waals surface area contributed by atoms with Crippen LogP contribution in [-0.2, 0) is 4.79 Å². The van der Waals surface area contributed by atoms with E-state index in [9.17, 15) is 4.79 Å². The highest BCUT2D eigenvalue weighted by molar-refractivity contribution is 7.80. The molecule has 4 heteroatoms. The fraction of sp³-hybridized carbons (Fsp3) is 0.857. The van der Waals surface area contributed by atoms with E-state index in [1.54, 1.807) is 0 Å². The van der Waals surface area contributed by atoms with Crippen LogP contribution in [0.15, 0.2) is 0 Å². The zero-order valence-corrected chi connectivity index (χ0v) is 11.9. The molecule has 18 heavy (non-hydrogen) atoms. The van der Waals surface area contributed by atoms with Gasteiger partial charge in [-0.15, -0.1) is 0 Å². The minimum atomic E-state index is -0.0211. The number of nitrogens with zero attached hydrogens (tertiary/aromatic N) is 2. The van der Waals surface area contributed by atoms with Gasteiger partial charge in [-0.2, -0.15) is 17.4 Å².